The zero-order valence-electron chi connectivity index (χ0n) is 12.2. The highest BCUT2D eigenvalue weighted by atomic mass is 16.5. The number of Topliss-reactive ketones (excluding diaryl/α,β-unsaturated/α-hetero) is 1. The van der Waals surface area contributed by atoms with Crippen LogP contribution >= 0.6 is 0 Å². The second-order valence-corrected chi connectivity index (χ2v) is 4.51. The van der Waals surface area contributed by atoms with Crippen LogP contribution in [0, 0.1) is 0 Å². The van der Waals surface area contributed by atoms with Gasteiger partial charge in [0.2, 0.25) is 0 Å². The van der Waals surface area contributed by atoms with E-state index in [-0.39, 0.29) is 12.2 Å². The van der Waals surface area contributed by atoms with Crippen molar-refractivity contribution >= 4 is 17.7 Å². The summed E-state index contributed by atoms with van der Waals surface area (Å²) in [6.45, 7) is 0. The van der Waals surface area contributed by atoms with Gasteiger partial charge in [0.05, 0.1) is 12.8 Å². The minimum atomic E-state index is 0.0579. The Morgan fingerprint density at radius 2 is 1.81 bits per heavy atom. The van der Waals surface area contributed by atoms with Gasteiger partial charge in [-0.2, -0.15) is 5.10 Å². The largest absolute Gasteiger partial charge is 0.497 e. The van der Waals surface area contributed by atoms with E-state index in [1.54, 1.807) is 18.3 Å². The number of carbonyl (C=O) groups excluding carboxylic acids is 1. The SMILES string of the molecule is COc1ccc(N(C)/N=C/CC(=O)c2ccccc2)cc1. The molecule has 0 atom stereocenters. The Bertz CT molecular complexity index is 606. The second kappa shape index (κ2) is 7.24. The quantitative estimate of drug-likeness (QED) is 0.463. The molecule has 0 N–H and O–H groups in total. The van der Waals surface area contributed by atoms with Crippen LogP contribution in [0.4, 0.5) is 5.69 Å². The maximum Gasteiger partial charge on any atom is 0.168 e. The number of hydrogen-bond donors (Lipinski definition) is 0. The number of benzene rings is 2. The van der Waals surface area contributed by atoms with Gasteiger partial charge in [-0.05, 0) is 24.3 Å². The first kappa shape index (κ1) is 14.8. The summed E-state index contributed by atoms with van der Waals surface area (Å²) >= 11 is 0. The van der Waals surface area contributed by atoms with Crippen LogP contribution in [0.1, 0.15) is 16.8 Å². The van der Waals surface area contributed by atoms with Crippen LogP contribution < -0.4 is 9.75 Å². The number of hydrogen-bond acceptors (Lipinski definition) is 4. The van der Waals surface area contributed by atoms with Crippen molar-refractivity contribution < 1.29 is 9.53 Å². The van der Waals surface area contributed by atoms with Crippen molar-refractivity contribution in [2.45, 2.75) is 6.42 Å². The van der Waals surface area contributed by atoms with Gasteiger partial charge in [0.25, 0.3) is 0 Å². The number of methoxy groups -OCH3 is 1. The third-order valence-corrected chi connectivity index (χ3v) is 3.07. The average molecular weight is 282 g/mol. The first-order chi connectivity index (χ1) is 10.2. The molecule has 0 aliphatic carbocycles. The van der Waals surface area contributed by atoms with Crippen molar-refractivity contribution in [2.24, 2.45) is 5.10 Å². The minimum absolute atomic E-state index is 0.0579. The summed E-state index contributed by atoms with van der Waals surface area (Å²) < 4.78 is 5.11. The molecule has 0 saturated heterocycles. The van der Waals surface area contributed by atoms with Crippen molar-refractivity contribution in [3.05, 3.63) is 60.2 Å². The summed E-state index contributed by atoms with van der Waals surface area (Å²) in [4.78, 5) is 11.9. The highest BCUT2D eigenvalue weighted by Gasteiger charge is 2.03. The molecule has 0 heterocycles. The summed E-state index contributed by atoms with van der Waals surface area (Å²) in [5.74, 6) is 0.859. The van der Waals surface area contributed by atoms with E-state index in [1.165, 1.54) is 0 Å². The highest BCUT2D eigenvalue weighted by Crippen LogP contribution is 2.18. The zero-order valence-corrected chi connectivity index (χ0v) is 12.2. The first-order valence-electron chi connectivity index (χ1n) is 6.69. The Morgan fingerprint density at radius 3 is 2.43 bits per heavy atom. The fourth-order valence-electron chi connectivity index (χ4n) is 1.85. The Hall–Kier alpha value is -2.62. The number of carbonyl (C=O) groups is 1. The highest BCUT2D eigenvalue weighted by molar-refractivity contribution is 6.03. The zero-order chi connectivity index (χ0) is 15.1. The molecule has 2 rings (SSSR count). The van der Waals surface area contributed by atoms with Gasteiger partial charge in [0.15, 0.2) is 5.78 Å². The van der Waals surface area contributed by atoms with Crippen LogP contribution in [-0.4, -0.2) is 26.2 Å². The van der Waals surface area contributed by atoms with Gasteiger partial charge in [-0.3, -0.25) is 9.80 Å². The van der Waals surface area contributed by atoms with E-state index < -0.39 is 0 Å². The second-order valence-electron chi connectivity index (χ2n) is 4.51. The van der Waals surface area contributed by atoms with Gasteiger partial charge in [-0.1, -0.05) is 30.3 Å². The van der Waals surface area contributed by atoms with Gasteiger partial charge in [-0.15, -0.1) is 0 Å². The predicted molar refractivity (Wildman–Crippen MR) is 85.3 cm³/mol. The topological polar surface area (TPSA) is 41.9 Å². The summed E-state index contributed by atoms with van der Waals surface area (Å²) in [6, 6.07) is 16.8. The fourth-order valence-corrected chi connectivity index (χ4v) is 1.85. The molecule has 4 heteroatoms. The van der Waals surface area contributed by atoms with E-state index in [0.29, 0.717) is 5.56 Å². The van der Waals surface area contributed by atoms with Crippen molar-refractivity contribution in [1.82, 2.24) is 0 Å². The van der Waals surface area contributed by atoms with Crippen molar-refractivity contribution in [3.63, 3.8) is 0 Å². The molecule has 0 radical (unpaired) electrons. The number of ether oxygens (including phenoxy) is 1. The Kier molecular flexibility index (Phi) is 5.10. The first-order valence-corrected chi connectivity index (χ1v) is 6.69. The lowest BCUT2D eigenvalue weighted by Crippen LogP contribution is -2.09. The van der Waals surface area contributed by atoms with E-state index in [0.717, 1.165) is 11.4 Å². The smallest absolute Gasteiger partial charge is 0.168 e. The summed E-state index contributed by atoms with van der Waals surface area (Å²) in [5.41, 5.74) is 1.63. The maximum absolute atomic E-state index is 11.9. The van der Waals surface area contributed by atoms with Crippen LogP contribution in [0.15, 0.2) is 59.7 Å². The average Bonchev–Trinajstić information content (AvgIpc) is 2.55. The van der Waals surface area contributed by atoms with Crippen LogP contribution in [0.2, 0.25) is 0 Å². The molecule has 0 saturated carbocycles. The van der Waals surface area contributed by atoms with E-state index in [9.17, 15) is 4.79 Å². The van der Waals surface area contributed by atoms with Crippen molar-refractivity contribution in [1.29, 1.82) is 0 Å². The number of nitrogens with zero attached hydrogens (tertiary/aromatic N) is 2. The predicted octanol–water partition coefficient (Wildman–Crippen LogP) is 3.39. The number of ketones is 1. The van der Waals surface area contributed by atoms with E-state index in [2.05, 4.69) is 5.10 Å². The molecule has 0 bridgehead atoms. The molecule has 0 fully saturated rings. The number of rotatable bonds is 6. The molecule has 0 aromatic heterocycles. The molecule has 0 amide bonds. The molecular weight excluding hydrogens is 264 g/mol. The van der Waals surface area contributed by atoms with Gasteiger partial charge < -0.3 is 4.74 Å². The van der Waals surface area contributed by atoms with Crippen LogP contribution in [-0.2, 0) is 0 Å². The number of anilines is 1. The minimum Gasteiger partial charge on any atom is -0.497 e. The normalized spacial score (nSPS) is 10.6. The third kappa shape index (κ3) is 4.18. The molecule has 108 valence electrons. The Labute approximate surface area is 124 Å². The fraction of sp³-hybridized carbons (Fsp3) is 0.176. The van der Waals surface area contributed by atoms with Crippen LogP contribution in [0.25, 0.3) is 0 Å². The lowest BCUT2D eigenvalue weighted by Gasteiger charge is -2.13. The van der Waals surface area contributed by atoms with E-state index in [1.807, 2.05) is 61.6 Å². The van der Waals surface area contributed by atoms with Crippen molar-refractivity contribution in [3.8, 4) is 5.75 Å². The maximum atomic E-state index is 11.9. The molecule has 2 aromatic carbocycles. The summed E-state index contributed by atoms with van der Waals surface area (Å²) in [6.07, 6.45) is 1.91. The molecule has 4 nitrogen and oxygen atoms in total. The number of hydrazone groups is 1. The van der Waals surface area contributed by atoms with E-state index in [4.69, 9.17) is 4.74 Å². The Balaban J connectivity index is 1.92. The third-order valence-electron chi connectivity index (χ3n) is 3.07. The molecular formula is C17H18N2O2. The molecule has 0 aliphatic heterocycles. The molecule has 21 heavy (non-hydrogen) atoms. The van der Waals surface area contributed by atoms with Crippen molar-refractivity contribution in [2.75, 3.05) is 19.2 Å². The molecule has 0 unspecified atom stereocenters. The van der Waals surface area contributed by atoms with Gasteiger partial charge in [0, 0.05) is 25.2 Å². The summed E-state index contributed by atoms with van der Waals surface area (Å²) in [7, 11) is 3.47. The molecule has 0 aliphatic rings. The lowest BCUT2D eigenvalue weighted by atomic mass is 10.1. The lowest BCUT2D eigenvalue weighted by molar-refractivity contribution is 0.100. The van der Waals surface area contributed by atoms with Crippen LogP contribution in [0.3, 0.4) is 0 Å². The van der Waals surface area contributed by atoms with Gasteiger partial charge in [-0.25, -0.2) is 0 Å². The monoisotopic (exact) mass is 282 g/mol. The molecule has 2 aromatic rings. The van der Waals surface area contributed by atoms with Gasteiger partial charge >= 0.3 is 0 Å². The van der Waals surface area contributed by atoms with Gasteiger partial charge in [0.1, 0.15) is 5.75 Å². The molecule has 0 spiro atoms. The standard InChI is InChI=1S/C17H18N2O2/c1-19(15-8-10-16(21-2)11-9-15)18-13-12-17(20)14-6-4-3-5-7-14/h3-11,13H,12H2,1-2H3/b18-13+. The summed E-state index contributed by atoms with van der Waals surface area (Å²) in [5, 5.41) is 5.98. The van der Waals surface area contributed by atoms with Crippen LogP contribution in [0.5, 0.6) is 5.75 Å². The van der Waals surface area contributed by atoms with E-state index >= 15 is 0 Å². The Morgan fingerprint density at radius 1 is 1.14 bits per heavy atom.